The maximum absolute atomic E-state index is 13.0. The number of carbonyl (C=O) groups excluding carboxylic acids is 1. The third-order valence-electron chi connectivity index (χ3n) is 5.00. The zero-order valence-corrected chi connectivity index (χ0v) is 16.7. The van der Waals surface area contributed by atoms with Crippen molar-refractivity contribution in [1.29, 1.82) is 0 Å². The molecule has 0 saturated heterocycles. The Labute approximate surface area is 167 Å². The molecule has 7 heteroatoms. The van der Waals surface area contributed by atoms with Crippen molar-refractivity contribution in [2.45, 2.75) is 20.8 Å². The second kappa shape index (κ2) is 7.01. The highest BCUT2D eigenvalue weighted by Crippen LogP contribution is 2.20. The van der Waals surface area contributed by atoms with Gasteiger partial charge in [-0.25, -0.2) is 9.67 Å². The van der Waals surface area contributed by atoms with Crippen LogP contribution in [0, 0.1) is 20.8 Å². The van der Waals surface area contributed by atoms with Gasteiger partial charge in [0.05, 0.1) is 12.0 Å². The molecule has 0 radical (unpaired) electrons. The van der Waals surface area contributed by atoms with Crippen LogP contribution >= 0.6 is 0 Å². The average Bonchev–Trinajstić information content (AvgIpc) is 3.08. The molecule has 0 aliphatic rings. The molecule has 29 heavy (non-hydrogen) atoms. The fourth-order valence-electron chi connectivity index (χ4n) is 3.12. The Hall–Kier alpha value is -3.74. The van der Waals surface area contributed by atoms with Gasteiger partial charge in [0.25, 0.3) is 11.5 Å². The van der Waals surface area contributed by atoms with Gasteiger partial charge in [-0.3, -0.25) is 9.59 Å². The van der Waals surface area contributed by atoms with Gasteiger partial charge in [-0.15, -0.1) is 0 Å². The fraction of sp³-hybridized carbons (Fsp3) is 0.182. The molecule has 0 aliphatic carbocycles. The number of hydrogen-bond donors (Lipinski definition) is 1. The Morgan fingerprint density at radius 2 is 1.72 bits per heavy atom. The topological polar surface area (TPSA) is 81.8 Å². The highest BCUT2D eigenvalue weighted by Gasteiger charge is 2.22. The van der Waals surface area contributed by atoms with E-state index in [1.54, 1.807) is 7.05 Å². The number of fused-ring (bicyclic) bond motifs is 1. The minimum absolute atomic E-state index is 0.108. The molecule has 0 saturated carbocycles. The van der Waals surface area contributed by atoms with Gasteiger partial charge in [0.2, 0.25) is 0 Å². The van der Waals surface area contributed by atoms with Crippen molar-refractivity contribution in [2.75, 3.05) is 5.32 Å². The molecule has 2 aromatic carbocycles. The Bertz CT molecular complexity index is 1300. The summed E-state index contributed by atoms with van der Waals surface area (Å²) in [6.45, 7) is 5.98. The quantitative estimate of drug-likeness (QED) is 0.585. The van der Waals surface area contributed by atoms with Gasteiger partial charge in [0.1, 0.15) is 5.52 Å². The van der Waals surface area contributed by atoms with Crippen LogP contribution in [0.5, 0.6) is 0 Å². The molecule has 2 aromatic heterocycles. The Balaban J connectivity index is 1.85. The summed E-state index contributed by atoms with van der Waals surface area (Å²) >= 11 is 0. The lowest BCUT2D eigenvalue weighted by Gasteiger charge is -2.06. The minimum atomic E-state index is -0.412. The van der Waals surface area contributed by atoms with E-state index >= 15 is 0 Å². The van der Waals surface area contributed by atoms with E-state index in [0.717, 1.165) is 16.7 Å². The highest BCUT2D eigenvalue weighted by atomic mass is 16.2. The summed E-state index contributed by atoms with van der Waals surface area (Å²) in [7, 11) is 1.62. The molecule has 0 fully saturated rings. The maximum atomic E-state index is 13.0. The lowest BCUT2D eigenvalue weighted by molar-refractivity contribution is 0.102. The second-order valence-electron chi connectivity index (χ2n) is 7.21. The Kier molecular flexibility index (Phi) is 4.50. The second-order valence-corrected chi connectivity index (χ2v) is 7.21. The monoisotopic (exact) mass is 387 g/mol. The number of nitrogens with zero attached hydrogens (tertiary/aromatic N) is 4. The largest absolute Gasteiger partial charge is 0.321 e. The van der Waals surface area contributed by atoms with Crippen molar-refractivity contribution >= 4 is 22.6 Å². The van der Waals surface area contributed by atoms with Crippen LogP contribution in [-0.2, 0) is 7.05 Å². The number of aryl methyl sites for hydroxylation is 4. The number of rotatable bonds is 3. The Morgan fingerprint density at radius 1 is 1.00 bits per heavy atom. The summed E-state index contributed by atoms with van der Waals surface area (Å²) in [5.41, 5.74) is 5.04. The van der Waals surface area contributed by atoms with Crippen LogP contribution in [0.25, 0.3) is 16.7 Å². The summed E-state index contributed by atoms with van der Waals surface area (Å²) in [4.78, 5) is 30.1. The van der Waals surface area contributed by atoms with Crippen LogP contribution in [0.1, 0.15) is 27.2 Å². The third-order valence-corrected chi connectivity index (χ3v) is 5.00. The molecule has 4 aromatic rings. The first kappa shape index (κ1) is 18.6. The SMILES string of the molecule is Cc1ccc(-n2nc(C(=O)Nc3ccc(C)c(C)c3)c3ncn(C)c(=O)c32)cc1. The zero-order valence-electron chi connectivity index (χ0n) is 16.7. The number of benzene rings is 2. The van der Waals surface area contributed by atoms with Crippen molar-refractivity contribution in [1.82, 2.24) is 19.3 Å². The van der Waals surface area contributed by atoms with Crippen LogP contribution in [0.2, 0.25) is 0 Å². The standard InChI is InChI=1S/C22H21N5O2/c1-13-5-9-17(10-6-13)27-20-18(23-12-26(4)22(20)29)19(25-27)21(28)24-16-8-7-14(2)15(3)11-16/h5-12H,1-4H3,(H,24,28). The number of aromatic nitrogens is 4. The Morgan fingerprint density at radius 3 is 2.41 bits per heavy atom. The molecule has 4 rings (SSSR count). The van der Waals surface area contributed by atoms with Crippen molar-refractivity contribution in [3.8, 4) is 5.69 Å². The lowest BCUT2D eigenvalue weighted by Crippen LogP contribution is -2.19. The van der Waals surface area contributed by atoms with Crippen LogP contribution in [0.3, 0.4) is 0 Å². The van der Waals surface area contributed by atoms with Crippen molar-refractivity contribution in [2.24, 2.45) is 7.05 Å². The van der Waals surface area contributed by atoms with E-state index in [1.807, 2.05) is 63.2 Å². The summed E-state index contributed by atoms with van der Waals surface area (Å²) in [5, 5.41) is 7.32. The fourth-order valence-corrected chi connectivity index (χ4v) is 3.12. The van der Waals surface area contributed by atoms with Gasteiger partial charge in [0, 0.05) is 12.7 Å². The third kappa shape index (κ3) is 3.31. The number of anilines is 1. The van der Waals surface area contributed by atoms with Crippen molar-refractivity contribution in [3.05, 3.63) is 81.5 Å². The van der Waals surface area contributed by atoms with E-state index in [9.17, 15) is 9.59 Å². The van der Waals surface area contributed by atoms with Crippen molar-refractivity contribution in [3.63, 3.8) is 0 Å². The molecule has 1 amide bonds. The van der Waals surface area contributed by atoms with Gasteiger partial charge in [-0.1, -0.05) is 23.8 Å². The maximum Gasteiger partial charge on any atom is 0.279 e. The lowest BCUT2D eigenvalue weighted by atomic mass is 10.1. The van der Waals surface area contributed by atoms with Crippen LogP contribution in [0.4, 0.5) is 5.69 Å². The predicted molar refractivity (Wildman–Crippen MR) is 113 cm³/mol. The summed E-state index contributed by atoms with van der Waals surface area (Å²) < 4.78 is 2.86. The van der Waals surface area contributed by atoms with E-state index in [0.29, 0.717) is 11.4 Å². The van der Waals surface area contributed by atoms with E-state index in [2.05, 4.69) is 15.4 Å². The molecule has 0 aliphatic heterocycles. The molecule has 2 heterocycles. The van der Waals surface area contributed by atoms with Crippen LogP contribution in [0.15, 0.2) is 53.6 Å². The first-order valence-corrected chi connectivity index (χ1v) is 9.25. The number of hydrogen-bond acceptors (Lipinski definition) is 4. The predicted octanol–water partition coefficient (Wildman–Crippen LogP) is 3.30. The molecule has 146 valence electrons. The number of nitrogens with one attached hydrogen (secondary N) is 1. The molecule has 7 nitrogen and oxygen atoms in total. The van der Waals surface area contributed by atoms with Crippen molar-refractivity contribution < 1.29 is 4.79 Å². The zero-order chi connectivity index (χ0) is 20.7. The van der Waals surface area contributed by atoms with Crippen LogP contribution in [-0.4, -0.2) is 25.2 Å². The van der Waals surface area contributed by atoms with Gasteiger partial charge < -0.3 is 9.88 Å². The van der Waals surface area contributed by atoms with E-state index in [1.165, 1.54) is 15.6 Å². The molecule has 1 N–H and O–H groups in total. The van der Waals surface area contributed by atoms with Gasteiger partial charge in [0.15, 0.2) is 11.2 Å². The number of amides is 1. The molecular weight excluding hydrogens is 366 g/mol. The van der Waals surface area contributed by atoms with Gasteiger partial charge >= 0.3 is 0 Å². The summed E-state index contributed by atoms with van der Waals surface area (Å²) in [6, 6.07) is 13.3. The molecule has 0 atom stereocenters. The molecule has 0 spiro atoms. The summed E-state index contributed by atoms with van der Waals surface area (Å²) in [5.74, 6) is -0.412. The van der Waals surface area contributed by atoms with E-state index in [4.69, 9.17) is 0 Å². The molecule has 0 bridgehead atoms. The highest BCUT2D eigenvalue weighted by molar-refractivity contribution is 6.10. The summed E-state index contributed by atoms with van der Waals surface area (Å²) in [6.07, 6.45) is 1.40. The van der Waals surface area contributed by atoms with E-state index in [-0.39, 0.29) is 22.3 Å². The average molecular weight is 387 g/mol. The van der Waals surface area contributed by atoms with E-state index < -0.39 is 5.91 Å². The van der Waals surface area contributed by atoms with Gasteiger partial charge in [-0.05, 0) is 56.2 Å². The minimum Gasteiger partial charge on any atom is -0.321 e. The smallest absolute Gasteiger partial charge is 0.279 e. The first-order chi connectivity index (χ1) is 13.8. The number of carbonyl (C=O) groups is 1. The van der Waals surface area contributed by atoms with Crippen LogP contribution < -0.4 is 10.9 Å². The molecule has 0 unspecified atom stereocenters. The van der Waals surface area contributed by atoms with Gasteiger partial charge in [-0.2, -0.15) is 5.10 Å². The normalized spacial score (nSPS) is 11.0. The molecular formula is C22H21N5O2. The first-order valence-electron chi connectivity index (χ1n) is 9.25.